The number of carboxylic acids is 1. The van der Waals surface area contributed by atoms with Crippen molar-refractivity contribution < 1.29 is 27.8 Å². The number of aryl methyl sites for hydroxylation is 1. The maximum Gasteiger partial charge on any atom is 0.422 e. The van der Waals surface area contributed by atoms with E-state index in [4.69, 9.17) is 21.4 Å². The number of halogens is 4. The van der Waals surface area contributed by atoms with Gasteiger partial charge < -0.3 is 9.84 Å². The maximum absolute atomic E-state index is 12.3. The van der Waals surface area contributed by atoms with E-state index in [1.165, 1.54) is 6.07 Å². The third-order valence-corrected chi connectivity index (χ3v) is 3.37. The molecule has 1 heterocycles. The molecule has 0 aliphatic carbocycles. The largest absolute Gasteiger partial charge is 0.482 e. The van der Waals surface area contributed by atoms with Crippen LogP contribution in [0.3, 0.4) is 0 Å². The molecule has 0 aliphatic rings. The summed E-state index contributed by atoms with van der Waals surface area (Å²) < 4.78 is 41.8. The summed E-state index contributed by atoms with van der Waals surface area (Å²) in [4.78, 5) is 14.6. The standard InChI is InChI=1S/C15H11ClF3NO3/c1-8-2-3-9(4-11(8)16)10-5-12(14(21)22)20-6-13(10)23-7-15(17,18)19/h2-6H,7H2,1H3,(H,21,22). The third kappa shape index (κ3) is 4.35. The number of carbonyl (C=O) groups is 1. The fraction of sp³-hybridized carbons (Fsp3) is 0.200. The van der Waals surface area contributed by atoms with Gasteiger partial charge in [0.15, 0.2) is 6.61 Å². The molecule has 4 nitrogen and oxygen atoms in total. The van der Waals surface area contributed by atoms with Crippen molar-refractivity contribution >= 4 is 17.6 Å². The quantitative estimate of drug-likeness (QED) is 0.895. The SMILES string of the molecule is Cc1ccc(-c2cc(C(=O)O)ncc2OCC(F)(F)F)cc1Cl. The minimum absolute atomic E-state index is 0.170. The van der Waals surface area contributed by atoms with Crippen molar-refractivity contribution in [3.63, 3.8) is 0 Å². The molecular weight excluding hydrogens is 335 g/mol. The first-order valence-electron chi connectivity index (χ1n) is 6.37. The van der Waals surface area contributed by atoms with E-state index in [0.29, 0.717) is 10.6 Å². The number of ether oxygens (including phenoxy) is 1. The average molecular weight is 346 g/mol. The number of aromatic nitrogens is 1. The molecule has 0 radical (unpaired) electrons. The number of nitrogens with zero attached hydrogens (tertiary/aromatic N) is 1. The van der Waals surface area contributed by atoms with Crippen LogP contribution in [0, 0.1) is 6.92 Å². The van der Waals surface area contributed by atoms with E-state index in [9.17, 15) is 18.0 Å². The predicted octanol–water partition coefficient (Wildman–Crippen LogP) is 4.35. The van der Waals surface area contributed by atoms with Gasteiger partial charge in [0.2, 0.25) is 0 Å². The Morgan fingerprint density at radius 2 is 2.04 bits per heavy atom. The van der Waals surface area contributed by atoms with Crippen molar-refractivity contribution in [3.8, 4) is 16.9 Å². The van der Waals surface area contributed by atoms with Gasteiger partial charge in [-0.25, -0.2) is 9.78 Å². The molecule has 0 fully saturated rings. The highest BCUT2D eigenvalue weighted by Gasteiger charge is 2.29. The van der Waals surface area contributed by atoms with E-state index >= 15 is 0 Å². The van der Waals surface area contributed by atoms with Crippen LogP contribution in [0.15, 0.2) is 30.5 Å². The average Bonchev–Trinajstić information content (AvgIpc) is 2.47. The highest BCUT2D eigenvalue weighted by Crippen LogP contribution is 2.33. The van der Waals surface area contributed by atoms with Crippen LogP contribution < -0.4 is 4.74 Å². The van der Waals surface area contributed by atoms with Crippen LogP contribution in [0.5, 0.6) is 5.75 Å². The molecule has 0 bridgehead atoms. The Kier molecular flexibility index (Phi) is 4.79. The molecule has 0 spiro atoms. The fourth-order valence-corrected chi connectivity index (χ4v) is 2.00. The van der Waals surface area contributed by atoms with Crippen molar-refractivity contribution in [2.75, 3.05) is 6.61 Å². The van der Waals surface area contributed by atoms with Gasteiger partial charge in [-0.2, -0.15) is 13.2 Å². The van der Waals surface area contributed by atoms with Crippen LogP contribution in [0.1, 0.15) is 16.1 Å². The van der Waals surface area contributed by atoms with Gasteiger partial charge >= 0.3 is 12.1 Å². The molecule has 1 aromatic carbocycles. The highest BCUT2D eigenvalue weighted by atomic mass is 35.5. The molecule has 8 heteroatoms. The number of aromatic carboxylic acids is 1. The van der Waals surface area contributed by atoms with Crippen molar-refractivity contribution in [2.45, 2.75) is 13.1 Å². The van der Waals surface area contributed by atoms with E-state index < -0.39 is 18.8 Å². The van der Waals surface area contributed by atoms with Crippen molar-refractivity contribution in [3.05, 3.63) is 46.7 Å². The molecule has 0 atom stereocenters. The van der Waals surface area contributed by atoms with Gasteiger partial charge in [-0.1, -0.05) is 23.7 Å². The van der Waals surface area contributed by atoms with Crippen LogP contribution >= 0.6 is 11.6 Å². The van der Waals surface area contributed by atoms with Gasteiger partial charge in [0, 0.05) is 10.6 Å². The Morgan fingerprint density at radius 3 is 2.61 bits per heavy atom. The topological polar surface area (TPSA) is 59.4 Å². The first-order chi connectivity index (χ1) is 10.7. The van der Waals surface area contributed by atoms with E-state index in [1.54, 1.807) is 19.1 Å². The highest BCUT2D eigenvalue weighted by molar-refractivity contribution is 6.31. The molecule has 0 saturated carbocycles. The van der Waals surface area contributed by atoms with E-state index in [0.717, 1.165) is 17.8 Å². The zero-order valence-corrected chi connectivity index (χ0v) is 12.6. The van der Waals surface area contributed by atoms with Crippen LogP contribution in [0.25, 0.3) is 11.1 Å². The first kappa shape index (κ1) is 17.1. The van der Waals surface area contributed by atoms with Gasteiger partial charge in [0.25, 0.3) is 0 Å². The third-order valence-electron chi connectivity index (χ3n) is 2.96. The molecule has 23 heavy (non-hydrogen) atoms. The summed E-state index contributed by atoms with van der Waals surface area (Å²) in [5.41, 5.74) is 1.07. The Bertz CT molecular complexity index is 747. The van der Waals surface area contributed by atoms with Gasteiger partial charge in [-0.15, -0.1) is 0 Å². The summed E-state index contributed by atoms with van der Waals surface area (Å²) in [5, 5.41) is 9.40. The van der Waals surface area contributed by atoms with E-state index in [1.807, 2.05) is 0 Å². The van der Waals surface area contributed by atoms with Crippen LogP contribution in [0.4, 0.5) is 13.2 Å². The van der Waals surface area contributed by atoms with Gasteiger partial charge in [0.05, 0.1) is 6.20 Å². The molecule has 2 rings (SSSR count). The Balaban J connectivity index is 2.49. The number of alkyl halides is 3. The molecular formula is C15H11ClF3NO3. The van der Waals surface area contributed by atoms with Crippen molar-refractivity contribution in [1.82, 2.24) is 4.98 Å². The maximum atomic E-state index is 12.3. The Morgan fingerprint density at radius 1 is 1.35 bits per heavy atom. The van der Waals surface area contributed by atoms with E-state index in [2.05, 4.69) is 4.98 Å². The van der Waals surface area contributed by atoms with Crippen molar-refractivity contribution in [1.29, 1.82) is 0 Å². The summed E-state index contributed by atoms with van der Waals surface area (Å²) in [5.74, 6) is -1.47. The lowest BCUT2D eigenvalue weighted by molar-refractivity contribution is -0.153. The molecule has 0 aliphatic heterocycles. The molecule has 122 valence electrons. The summed E-state index contributed by atoms with van der Waals surface area (Å²) >= 11 is 6.02. The molecule has 0 saturated heterocycles. The zero-order valence-electron chi connectivity index (χ0n) is 11.8. The lowest BCUT2D eigenvalue weighted by Crippen LogP contribution is -2.19. The first-order valence-corrected chi connectivity index (χ1v) is 6.74. The van der Waals surface area contributed by atoms with Crippen LogP contribution in [0.2, 0.25) is 5.02 Å². The second-order valence-corrected chi connectivity index (χ2v) is 5.15. The second kappa shape index (κ2) is 6.45. The lowest BCUT2D eigenvalue weighted by atomic mass is 10.0. The van der Waals surface area contributed by atoms with Gasteiger partial charge in [0.1, 0.15) is 11.4 Å². The predicted molar refractivity (Wildman–Crippen MR) is 77.9 cm³/mol. The molecule has 1 N–H and O–H groups in total. The van der Waals surface area contributed by atoms with Crippen LogP contribution in [-0.2, 0) is 0 Å². The zero-order chi connectivity index (χ0) is 17.2. The number of pyridine rings is 1. The number of benzene rings is 1. The van der Waals surface area contributed by atoms with Gasteiger partial charge in [-0.3, -0.25) is 0 Å². The summed E-state index contributed by atoms with van der Waals surface area (Å²) in [6, 6.07) is 5.96. The minimum atomic E-state index is -4.52. The number of carboxylic acid groups (broad SMARTS) is 1. The van der Waals surface area contributed by atoms with Gasteiger partial charge in [-0.05, 0) is 30.2 Å². The molecule has 0 amide bonds. The Hall–Kier alpha value is -2.28. The van der Waals surface area contributed by atoms with E-state index in [-0.39, 0.29) is 17.0 Å². The monoisotopic (exact) mass is 345 g/mol. The Labute approximate surface area is 134 Å². The molecule has 1 aromatic heterocycles. The summed E-state index contributed by atoms with van der Waals surface area (Å²) in [6.07, 6.45) is -3.56. The normalized spacial score (nSPS) is 11.3. The second-order valence-electron chi connectivity index (χ2n) is 4.74. The van der Waals surface area contributed by atoms with Crippen molar-refractivity contribution in [2.24, 2.45) is 0 Å². The van der Waals surface area contributed by atoms with Crippen LogP contribution in [-0.4, -0.2) is 28.8 Å². The molecule has 2 aromatic rings. The number of hydrogen-bond donors (Lipinski definition) is 1. The lowest BCUT2D eigenvalue weighted by Gasteiger charge is -2.14. The minimum Gasteiger partial charge on any atom is -0.482 e. The molecule has 0 unspecified atom stereocenters. The number of hydrogen-bond acceptors (Lipinski definition) is 3. The fourth-order valence-electron chi connectivity index (χ4n) is 1.82. The smallest absolute Gasteiger partial charge is 0.422 e. The number of rotatable bonds is 4. The summed E-state index contributed by atoms with van der Waals surface area (Å²) in [6.45, 7) is 0.260. The summed E-state index contributed by atoms with van der Waals surface area (Å²) in [7, 11) is 0.